The Morgan fingerprint density at radius 2 is 1.97 bits per heavy atom. The van der Waals surface area contributed by atoms with Crippen molar-refractivity contribution in [1.82, 2.24) is 25.6 Å². The molecule has 3 aromatic rings. The summed E-state index contributed by atoms with van der Waals surface area (Å²) in [6, 6.07) is 8.19. The predicted octanol–water partition coefficient (Wildman–Crippen LogP) is 3.09. The van der Waals surface area contributed by atoms with Crippen molar-refractivity contribution in [3.63, 3.8) is 0 Å². The van der Waals surface area contributed by atoms with E-state index in [1.165, 1.54) is 12.1 Å². The van der Waals surface area contributed by atoms with Crippen molar-refractivity contribution in [2.45, 2.75) is 6.04 Å². The Bertz CT molecular complexity index is 1190. The number of benzene rings is 1. The molecule has 6 N–H and O–H groups in total. The molecule has 4 rings (SSSR count). The van der Waals surface area contributed by atoms with E-state index in [1.807, 2.05) is 6.07 Å². The van der Waals surface area contributed by atoms with E-state index in [9.17, 15) is 10.1 Å². The van der Waals surface area contributed by atoms with Gasteiger partial charge in [0, 0.05) is 67.2 Å². The van der Waals surface area contributed by atoms with Crippen LogP contribution in [0.15, 0.2) is 36.5 Å². The van der Waals surface area contributed by atoms with Crippen LogP contribution in [0.4, 0.5) is 23.3 Å². The molecule has 2 aromatic heterocycles. The zero-order chi connectivity index (χ0) is 24.1. The fourth-order valence-electron chi connectivity index (χ4n) is 3.59. The third kappa shape index (κ3) is 5.62. The lowest BCUT2D eigenvalue weighted by atomic mass is 10.0. The van der Waals surface area contributed by atoms with E-state index in [0.29, 0.717) is 34.9 Å². The van der Waals surface area contributed by atoms with E-state index in [1.54, 1.807) is 18.3 Å². The molecule has 0 aliphatic carbocycles. The van der Waals surface area contributed by atoms with Gasteiger partial charge in [0.2, 0.25) is 11.8 Å². The average molecular weight is 504 g/mol. The molecule has 0 saturated carbocycles. The van der Waals surface area contributed by atoms with Crippen LogP contribution < -0.4 is 27.0 Å². The maximum atomic E-state index is 10.9. The Hall–Kier alpha value is -3.25. The van der Waals surface area contributed by atoms with Crippen molar-refractivity contribution in [2.75, 3.05) is 49.1 Å². The second-order valence-corrected chi connectivity index (χ2v) is 8.39. The predicted molar refractivity (Wildman–Crippen MR) is 133 cm³/mol. The van der Waals surface area contributed by atoms with Crippen LogP contribution in [0.3, 0.4) is 0 Å². The number of nitro groups is 1. The van der Waals surface area contributed by atoms with E-state index in [-0.39, 0.29) is 17.5 Å². The van der Waals surface area contributed by atoms with Gasteiger partial charge in [0.25, 0.3) is 0 Å². The van der Waals surface area contributed by atoms with Crippen LogP contribution in [0.2, 0.25) is 10.0 Å². The van der Waals surface area contributed by atoms with E-state index >= 15 is 0 Å². The van der Waals surface area contributed by atoms with Crippen LogP contribution in [0.1, 0.15) is 11.6 Å². The fraction of sp³-hybridized carbons (Fsp3) is 0.286. The lowest BCUT2D eigenvalue weighted by molar-refractivity contribution is -0.384. The van der Waals surface area contributed by atoms with Crippen LogP contribution in [0.25, 0.3) is 11.3 Å². The molecule has 1 aliphatic rings. The quantitative estimate of drug-likeness (QED) is 0.176. The number of nitrogens with two attached hydrogens (primary N) is 1. The molecular formula is C21H23Cl2N9O2. The summed E-state index contributed by atoms with van der Waals surface area (Å²) in [6.45, 7) is 3.42. The van der Waals surface area contributed by atoms with Crippen molar-refractivity contribution >= 4 is 46.5 Å². The van der Waals surface area contributed by atoms with Crippen LogP contribution in [0, 0.1) is 10.1 Å². The number of pyridine rings is 1. The molecule has 1 saturated heterocycles. The molecule has 1 unspecified atom stereocenters. The molecule has 178 valence electrons. The lowest BCUT2D eigenvalue weighted by Gasteiger charge is -2.26. The molecule has 0 spiro atoms. The first-order valence-electron chi connectivity index (χ1n) is 10.6. The third-order valence-corrected chi connectivity index (χ3v) is 5.78. The second kappa shape index (κ2) is 10.8. The Kier molecular flexibility index (Phi) is 7.58. The van der Waals surface area contributed by atoms with E-state index < -0.39 is 4.92 Å². The van der Waals surface area contributed by atoms with E-state index in [2.05, 4.69) is 31.2 Å². The first kappa shape index (κ1) is 23.9. The third-order valence-electron chi connectivity index (χ3n) is 5.23. The van der Waals surface area contributed by atoms with Gasteiger partial charge in [0.05, 0.1) is 15.6 Å². The second-order valence-electron chi connectivity index (χ2n) is 7.54. The number of hydrogen-bond acceptors (Lipinski definition) is 10. The zero-order valence-electron chi connectivity index (χ0n) is 18.0. The van der Waals surface area contributed by atoms with Gasteiger partial charge in [-0.05, 0) is 24.3 Å². The van der Waals surface area contributed by atoms with Gasteiger partial charge in [0.1, 0.15) is 5.82 Å². The number of anilines is 3. The number of piperazine rings is 1. The van der Waals surface area contributed by atoms with E-state index in [0.717, 1.165) is 36.5 Å². The first-order valence-corrected chi connectivity index (χ1v) is 11.3. The van der Waals surface area contributed by atoms with E-state index in [4.69, 9.17) is 33.9 Å². The largest absolute Gasteiger partial charge is 0.378 e. The van der Waals surface area contributed by atoms with Crippen molar-refractivity contribution in [3.8, 4) is 11.3 Å². The highest BCUT2D eigenvalue weighted by atomic mass is 35.5. The maximum Gasteiger partial charge on any atom is 0.311 e. The minimum Gasteiger partial charge on any atom is -0.378 e. The number of rotatable bonds is 8. The van der Waals surface area contributed by atoms with Gasteiger partial charge in [-0.25, -0.2) is 15.0 Å². The number of aromatic nitrogens is 3. The summed E-state index contributed by atoms with van der Waals surface area (Å²) >= 11 is 12.6. The number of nitrogens with one attached hydrogen (secondary N) is 4. The Morgan fingerprint density at radius 1 is 1.15 bits per heavy atom. The molecule has 0 amide bonds. The minimum absolute atomic E-state index is 0.0462. The molecule has 0 bridgehead atoms. The Morgan fingerprint density at radius 3 is 2.68 bits per heavy atom. The molecule has 1 fully saturated rings. The van der Waals surface area contributed by atoms with Gasteiger partial charge < -0.3 is 27.0 Å². The van der Waals surface area contributed by atoms with Crippen LogP contribution >= 0.6 is 23.2 Å². The van der Waals surface area contributed by atoms with Gasteiger partial charge in [-0.15, -0.1) is 0 Å². The molecule has 1 aromatic carbocycles. The Balaban J connectivity index is 1.48. The van der Waals surface area contributed by atoms with Crippen LogP contribution in [0.5, 0.6) is 0 Å². The average Bonchev–Trinajstić information content (AvgIpc) is 2.82. The van der Waals surface area contributed by atoms with Crippen molar-refractivity contribution < 1.29 is 4.92 Å². The number of nitrogens with zero attached hydrogens (tertiary/aromatic N) is 4. The SMILES string of the molecule is Nc1nc(NCCNc2ncc(C3CNCCN3)c(-c3ccc(Cl)cc3Cl)n2)ccc1[N+](=O)[O-]. The highest BCUT2D eigenvalue weighted by Gasteiger charge is 2.22. The fourth-order valence-corrected chi connectivity index (χ4v) is 4.09. The molecule has 13 heteroatoms. The lowest BCUT2D eigenvalue weighted by Crippen LogP contribution is -2.43. The minimum atomic E-state index is -0.571. The van der Waals surface area contributed by atoms with Crippen LogP contribution in [-0.2, 0) is 0 Å². The van der Waals surface area contributed by atoms with Crippen LogP contribution in [-0.4, -0.2) is 52.6 Å². The summed E-state index contributed by atoms with van der Waals surface area (Å²) in [6.07, 6.45) is 1.80. The zero-order valence-corrected chi connectivity index (χ0v) is 19.5. The molecular weight excluding hydrogens is 481 g/mol. The maximum absolute atomic E-state index is 10.9. The monoisotopic (exact) mass is 503 g/mol. The molecule has 11 nitrogen and oxygen atoms in total. The number of halogens is 2. The summed E-state index contributed by atoms with van der Waals surface area (Å²) in [5.74, 6) is 0.731. The smallest absolute Gasteiger partial charge is 0.311 e. The van der Waals surface area contributed by atoms with Crippen molar-refractivity contribution in [3.05, 3.63) is 62.3 Å². The summed E-state index contributed by atoms with van der Waals surface area (Å²) in [5.41, 5.74) is 7.82. The van der Waals surface area contributed by atoms with Gasteiger partial charge in [0.15, 0.2) is 0 Å². The summed E-state index contributed by atoms with van der Waals surface area (Å²) in [7, 11) is 0. The highest BCUT2D eigenvalue weighted by molar-refractivity contribution is 6.36. The molecule has 1 atom stereocenters. The summed E-state index contributed by atoms with van der Waals surface area (Å²) < 4.78 is 0. The number of hydrogen-bond donors (Lipinski definition) is 5. The Labute approximate surface area is 205 Å². The summed E-state index contributed by atoms with van der Waals surface area (Å²) in [4.78, 5) is 23.5. The molecule has 34 heavy (non-hydrogen) atoms. The van der Waals surface area contributed by atoms with Gasteiger partial charge in [-0.1, -0.05) is 23.2 Å². The molecule has 1 aliphatic heterocycles. The van der Waals surface area contributed by atoms with Crippen molar-refractivity contribution in [2.24, 2.45) is 0 Å². The molecule has 3 heterocycles. The summed E-state index contributed by atoms with van der Waals surface area (Å²) in [5, 5.41) is 25.0. The van der Waals surface area contributed by atoms with Gasteiger partial charge >= 0.3 is 5.69 Å². The first-order chi connectivity index (χ1) is 16.4. The number of nitrogen functional groups attached to an aromatic ring is 1. The normalized spacial score (nSPS) is 15.6. The van der Waals surface area contributed by atoms with Crippen molar-refractivity contribution in [1.29, 1.82) is 0 Å². The standard InChI is InChI=1S/C21H23Cl2N9O2/c22-12-1-2-13(15(23)9-12)19-14(16-11-25-5-6-26-16)10-29-21(31-19)28-8-7-27-18-4-3-17(32(33)34)20(24)30-18/h1-4,9-10,16,25-26H,5-8,11H2,(H3,24,27,30)(H,28,29,31). The topological polar surface area (TPSA) is 156 Å². The molecule has 0 radical (unpaired) electrons. The van der Waals surface area contributed by atoms with Gasteiger partial charge in [-0.3, -0.25) is 10.1 Å². The van der Waals surface area contributed by atoms with Gasteiger partial charge in [-0.2, -0.15) is 0 Å². The highest BCUT2D eigenvalue weighted by Crippen LogP contribution is 2.34.